The molecule has 0 aliphatic heterocycles. The van der Waals surface area contributed by atoms with Crippen LogP contribution in [0.3, 0.4) is 0 Å². The van der Waals surface area contributed by atoms with Gasteiger partial charge in [0.05, 0.1) is 15.9 Å². The summed E-state index contributed by atoms with van der Waals surface area (Å²) in [5.74, 6) is 1.42. The quantitative estimate of drug-likeness (QED) is 0.283. The average molecular weight is 550 g/mol. The summed E-state index contributed by atoms with van der Waals surface area (Å²) in [4.78, 5) is 12.5. The zero-order chi connectivity index (χ0) is 24.6. The third kappa shape index (κ3) is 4.84. The van der Waals surface area contributed by atoms with Crippen molar-refractivity contribution >= 4 is 36.8 Å². The molecule has 0 bridgehead atoms. The number of aliphatic hydroxyl groups excluding tert-OH is 1. The fraction of sp³-hybridized carbons (Fsp3) is 0.0769. The first-order chi connectivity index (χ1) is 16.8. The molecule has 0 aliphatic carbocycles. The van der Waals surface area contributed by atoms with Gasteiger partial charge in [0.25, 0.3) is 0 Å². The van der Waals surface area contributed by atoms with Crippen molar-refractivity contribution < 1.29 is 18.3 Å². The highest BCUT2D eigenvalue weighted by atomic mass is 79.9. The van der Waals surface area contributed by atoms with Crippen LogP contribution in [0.2, 0.25) is 0 Å². The van der Waals surface area contributed by atoms with Gasteiger partial charge in [0.1, 0.15) is 23.3 Å². The molecule has 0 saturated heterocycles. The van der Waals surface area contributed by atoms with E-state index in [9.17, 15) is 13.5 Å². The van der Waals surface area contributed by atoms with E-state index >= 15 is 0 Å². The van der Waals surface area contributed by atoms with Crippen LogP contribution >= 0.6 is 15.9 Å². The van der Waals surface area contributed by atoms with Crippen molar-refractivity contribution in [1.82, 2.24) is 15.0 Å². The lowest BCUT2D eigenvalue weighted by molar-refractivity contribution is 0.215. The minimum absolute atomic E-state index is 0.195. The van der Waals surface area contributed by atoms with Gasteiger partial charge in [0.2, 0.25) is 0 Å². The van der Waals surface area contributed by atoms with Gasteiger partial charge in [-0.05, 0) is 54.1 Å². The number of rotatable bonds is 6. The number of nitrogens with one attached hydrogen (secondary N) is 1. The van der Waals surface area contributed by atoms with Crippen molar-refractivity contribution in [2.24, 2.45) is 0 Å². The van der Waals surface area contributed by atoms with E-state index < -0.39 is 15.9 Å². The lowest BCUT2D eigenvalue weighted by atomic mass is 10.00. The summed E-state index contributed by atoms with van der Waals surface area (Å²) in [6.07, 6.45) is 1.85. The Morgan fingerprint density at radius 1 is 0.971 bits per heavy atom. The Bertz CT molecular complexity index is 1620. The summed E-state index contributed by atoms with van der Waals surface area (Å²) >= 11 is 3.51. The maximum Gasteiger partial charge on any atom is 0.175 e. The fourth-order valence-electron chi connectivity index (χ4n) is 3.73. The first kappa shape index (κ1) is 23.2. The number of imidazole rings is 1. The van der Waals surface area contributed by atoms with Gasteiger partial charge in [-0.2, -0.15) is 0 Å². The number of nitrogens with zero attached hydrogens (tertiary/aromatic N) is 2. The van der Waals surface area contributed by atoms with Gasteiger partial charge >= 0.3 is 0 Å². The van der Waals surface area contributed by atoms with E-state index in [1.54, 1.807) is 30.5 Å². The Hall–Kier alpha value is -3.53. The van der Waals surface area contributed by atoms with Crippen molar-refractivity contribution in [3.05, 3.63) is 101 Å². The van der Waals surface area contributed by atoms with Crippen LogP contribution in [0, 0.1) is 0 Å². The second-order valence-corrected chi connectivity index (χ2v) is 10.8. The highest BCUT2D eigenvalue weighted by Gasteiger charge is 2.21. The normalized spacial score (nSPS) is 12.5. The second kappa shape index (κ2) is 9.26. The van der Waals surface area contributed by atoms with Gasteiger partial charge in [0.15, 0.2) is 15.7 Å². The number of H-pyrrole nitrogens is 1. The topological polar surface area (TPSA) is 105 Å². The number of halogens is 1. The number of pyridine rings is 1. The number of sulfone groups is 1. The predicted molar refractivity (Wildman–Crippen MR) is 137 cm³/mol. The predicted octanol–water partition coefficient (Wildman–Crippen LogP) is 5.66. The highest BCUT2D eigenvalue weighted by Crippen LogP contribution is 2.38. The Balaban J connectivity index is 1.62. The summed E-state index contributed by atoms with van der Waals surface area (Å²) in [7, 11) is -3.33. The van der Waals surface area contributed by atoms with E-state index in [2.05, 4.69) is 30.9 Å². The largest absolute Gasteiger partial charge is 0.457 e. The molecular formula is C26H20BrN3O4S. The fourth-order valence-corrected chi connectivity index (χ4v) is 4.86. The molecule has 176 valence electrons. The van der Waals surface area contributed by atoms with E-state index in [1.165, 1.54) is 12.1 Å². The lowest BCUT2D eigenvalue weighted by Gasteiger charge is -2.18. The van der Waals surface area contributed by atoms with Crippen LogP contribution in [0.25, 0.3) is 22.6 Å². The number of hydrogen-bond acceptors (Lipinski definition) is 6. The summed E-state index contributed by atoms with van der Waals surface area (Å²) in [6.45, 7) is 0. The molecule has 2 heterocycles. The van der Waals surface area contributed by atoms with Crippen LogP contribution in [-0.2, 0) is 9.84 Å². The first-order valence-corrected chi connectivity index (χ1v) is 13.3. The maximum atomic E-state index is 11.8. The van der Waals surface area contributed by atoms with Crippen LogP contribution in [0.15, 0.2) is 94.4 Å². The van der Waals surface area contributed by atoms with Crippen molar-refractivity contribution in [3.8, 4) is 23.0 Å². The number of aliphatic hydroxyl groups is 1. The molecule has 0 saturated carbocycles. The number of hydrogen-bond donors (Lipinski definition) is 2. The molecule has 9 heteroatoms. The van der Waals surface area contributed by atoms with Crippen LogP contribution < -0.4 is 4.74 Å². The molecular weight excluding hydrogens is 530 g/mol. The molecule has 0 amide bonds. The molecule has 0 radical (unpaired) electrons. The number of benzene rings is 3. The summed E-state index contributed by atoms with van der Waals surface area (Å²) in [5.41, 5.74) is 3.24. The third-order valence-corrected chi connectivity index (χ3v) is 7.35. The molecule has 5 aromatic rings. The standard InChI is InChI=1S/C26H20BrN3O4S/c1-35(32,33)17-11-9-16(10-12-17)34-24-15-23-22(29-26(30-23)21-8-4-5-13-28-21)14-19(24)25(31)18-6-2-3-7-20(18)27/h2-15,25,31H,1H3,(H,29,30). The van der Waals surface area contributed by atoms with Crippen LogP contribution in [0.4, 0.5) is 0 Å². The van der Waals surface area contributed by atoms with Gasteiger partial charge in [-0.25, -0.2) is 13.4 Å². The van der Waals surface area contributed by atoms with Crippen LogP contribution in [-0.4, -0.2) is 34.7 Å². The first-order valence-electron chi connectivity index (χ1n) is 10.6. The van der Waals surface area contributed by atoms with Gasteiger partial charge in [-0.3, -0.25) is 4.98 Å². The average Bonchev–Trinajstić information content (AvgIpc) is 3.27. The minimum atomic E-state index is -3.33. The number of fused-ring (bicyclic) bond motifs is 1. The Labute approximate surface area is 210 Å². The minimum Gasteiger partial charge on any atom is -0.457 e. The van der Waals surface area contributed by atoms with E-state index in [4.69, 9.17) is 4.74 Å². The van der Waals surface area contributed by atoms with Crippen molar-refractivity contribution in [1.29, 1.82) is 0 Å². The molecule has 0 aliphatic rings. The van der Waals surface area contributed by atoms with Crippen LogP contribution in [0.5, 0.6) is 11.5 Å². The van der Waals surface area contributed by atoms with Crippen molar-refractivity contribution in [2.75, 3.05) is 6.26 Å². The molecule has 2 N–H and O–H groups in total. The van der Waals surface area contributed by atoms with Gasteiger partial charge in [-0.15, -0.1) is 0 Å². The highest BCUT2D eigenvalue weighted by molar-refractivity contribution is 9.10. The number of aromatic amines is 1. The molecule has 3 aromatic carbocycles. The van der Waals surface area contributed by atoms with E-state index in [1.807, 2.05) is 42.5 Å². The molecule has 1 unspecified atom stereocenters. The lowest BCUT2D eigenvalue weighted by Crippen LogP contribution is -2.03. The van der Waals surface area contributed by atoms with Crippen molar-refractivity contribution in [3.63, 3.8) is 0 Å². The van der Waals surface area contributed by atoms with Crippen molar-refractivity contribution in [2.45, 2.75) is 11.0 Å². The number of ether oxygens (including phenoxy) is 1. The molecule has 1 atom stereocenters. The maximum absolute atomic E-state index is 11.8. The zero-order valence-corrected chi connectivity index (χ0v) is 20.9. The Kier molecular flexibility index (Phi) is 6.14. The Morgan fingerprint density at radius 3 is 2.40 bits per heavy atom. The second-order valence-electron chi connectivity index (χ2n) is 7.98. The van der Waals surface area contributed by atoms with Crippen LogP contribution in [0.1, 0.15) is 17.2 Å². The van der Waals surface area contributed by atoms with E-state index in [0.29, 0.717) is 45.2 Å². The van der Waals surface area contributed by atoms with Gasteiger partial charge in [-0.1, -0.05) is 40.2 Å². The molecule has 35 heavy (non-hydrogen) atoms. The molecule has 5 rings (SSSR count). The SMILES string of the molecule is CS(=O)(=O)c1ccc(Oc2cc3nc(-c4ccccn4)[nH]c3cc2C(O)c2ccccc2Br)cc1. The zero-order valence-electron chi connectivity index (χ0n) is 18.5. The molecule has 2 aromatic heterocycles. The molecule has 7 nitrogen and oxygen atoms in total. The van der Waals surface area contributed by atoms with E-state index in [0.717, 1.165) is 10.7 Å². The summed E-state index contributed by atoms with van der Waals surface area (Å²) < 4.78 is 30.5. The monoisotopic (exact) mass is 549 g/mol. The Morgan fingerprint density at radius 2 is 1.71 bits per heavy atom. The number of aromatic nitrogens is 3. The summed E-state index contributed by atoms with van der Waals surface area (Å²) in [5, 5.41) is 11.3. The van der Waals surface area contributed by atoms with E-state index in [-0.39, 0.29) is 4.90 Å². The summed E-state index contributed by atoms with van der Waals surface area (Å²) in [6, 6.07) is 22.7. The smallest absolute Gasteiger partial charge is 0.175 e. The third-order valence-electron chi connectivity index (χ3n) is 5.50. The molecule has 0 spiro atoms. The van der Waals surface area contributed by atoms with Gasteiger partial charge < -0.3 is 14.8 Å². The van der Waals surface area contributed by atoms with Gasteiger partial charge in [0, 0.05) is 28.6 Å². The molecule has 0 fully saturated rings.